The number of allylic oxidation sites excluding steroid dienone is 2. The van der Waals surface area contributed by atoms with E-state index in [1.807, 2.05) is 13.0 Å². The van der Waals surface area contributed by atoms with Crippen molar-refractivity contribution in [3.8, 4) is 0 Å². The monoisotopic (exact) mass is 202 g/mol. The molecule has 1 nitrogen and oxygen atoms in total. The number of benzene rings is 1. The van der Waals surface area contributed by atoms with Gasteiger partial charge >= 0.3 is 0 Å². The molecule has 0 saturated heterocycles. The molecule has 0 fully saturated rings. The first-order valence-corrected chi connectivity index (χ1v) is 5.15. The van der Waals surface area contributed by atoms with E-state index in [1.165, 1.54) is 11.3 Å². The minimum atomic E-state index is 0.852. The zero-order valence-electron chi connectivity index (χ0n) is 10.1. The Kier molecular flexibility index (Phi) is 3.48. The molecule has 80 valence electrons. The van der Waals surface area contributed by atoms with Gasteiger partial charge in [0.2, 0.25) is 0 Å². The van der Waals surface area contributed by atoms with Gasteiger partial charge in [0.25, 0.3) is 0 Å². The SMILES string of the molecule is C=C(C)/C=C/c1ccc([N+](C)(C)C)cc1. The number of quaternary nitrogens is 1. The van der Waals surface area contributed by atoms with Crippen LogP contribution in [0.3, 0.4) is 0 Å². The summed E-state index contributed by atoms with van der Waals surface area (Å²) in [5.74, 6) is 0. The largest absolute Gasteiger partial charge is 0.298 e. The van der Waals surface area contributed by atoms with Crippen LogP contribution in [0.5, 0.6) is 0 Å². The van der Waals surface area contributed by atoms with Crippen molar-refractivity contribution in [2.24, 2.45) is 0 Å². The summed E-state index contributed by atoms with van der Waals surface area (Å²) in [4.78, 5) is 0. The lowest BCUT2D eigenvalue weighted by Gasteiger charge is -2.23. The molecule has 1 aromatic rings. The van der Waals surface area contributed by atoms with E-state index < -0.39 is 0 Å². The van der Waals surface area contributed by atoms with Crippen molar-refractivity contribution >= 4 is 11.8 Å². The molecule has 0 N–H and O–H groups in total. The number of hydrogen-bond donors (Lipinski definition) is 0. The second-order valence-corrected chi connectivity index (χ2v) is 4.78. The fraction of sp³-hybridized carbons (Fsp3) is 0.286. The van der Waals surface area contributed by atoms with E-state index in [2.05, 4.69) is 58.1 Å². The van der Waals surface area contributed by atoms with Gasteiger partial charge < -0.3 is 0 Å². The molecule has 0 aliphatic rings. The first-order chi connectivity index (χ1) is 6.89. The van der Waals surface area contributed by atoms with E-state index in [9.17, 15) is 0 Å². The molecular formula is C14H20N+. The van der Waals surface area contributed by atoms with Crippen molar-refractivity contribution in [1.82, 2.24) is 4.48 Å². The van der Waals surface area contributed by atoms with Gasteiger partial charge in [-0.05, 0) is 36.8 Å². The van der Waals surface area contributed by atoms with Gasteiger partial charge in [-0.15, -0.1) is 0 Å². The Labute approximate surface area is 92.9 Å². The van der Waals surface area contributed by atoms with Crippen molar-refractivity contribution in [2.45, 2.75) is 6.92 Å². The van der Waals surface area contributed by atoms with Crippen molar-refractivity contribution in [3.63, 3.8) is 0 Å². The summed E-state index contributed by atoms with van der Waals surface area (Å²) < 4.78 is 0.852. The first-order valence-electron chi connectivity index (χ1n) is 5.15. The summed E-state index contributed by atoms with van der Waals surface area (Å²) in [6.45, 7) is 5.83. The summed E-state index contributed by atoms with van der Waals surface area (Å²) in [7, 11) is 6.50. The molecular weight excluding hydrogens is 182 g/mol. The molecule has 1 aromatic carbocycles. The highest BCUT2D eigenvalue weighted by molar-refractivity contribution is 5.56. The van der Waals surface area contributed by atoms with Gasteiger partial charge in [0.05, 0.1) is 21.1 Å². The summed E-state index contributed by atoms with van der Waals surface area (Å²) in [5.41, 5.74) is 3.60. The van der Waals surface area contributed by atoms with Gasteiger partial charge in [0.15, 0.2) is 0 Å². The van der Waals surface area contributed by atoms with Crippen LogP contribution in [0.2, 0.25) is 0 Å². The highest BCUT2D eigenvalue weighted by Gasteiger charge is 2.10. The molecule has 0 amide bonds. The van der Waals surface area contributed by atoms with Gasteiger partial charge in [-0.2, -0.15) is 0 Å². The Morgan fingerprint density at radius 2 is 1.67 bits per heavy atom. The zero-order chi connectivity index (χ0) is 11.5. The highest BCUT2D eigenvalue weighted by atomic mass is 15.3. The van der Waals surface area contributed by atoms with E-state index >= 15 is 0 Å². The number of hydrogen-bond acceptors (Lipinski definition) is 0. The lowest BCUT2D eigenvalue weighted by molar-refractivity contribution is 0.486. The Morgan fingerprint density at radius 1 is 1.13 bits per heavy atom. The molecule has 0 aliphatic carbocycles. The van der Waals surface area contributed by atoms with Crippen LogP contribution in [0.1, 0.15) is 12.5 Å². The van der Waals surface area contributed by atoms with Crippen LogP contribution in [-0.4, -0.2) is 21.1 Å². The van der Waals surface area contributed by atoms with Gasteiger partial charge in [0.1, 0.15) is 5.69 Å². The molecule has 0 aromatic heterocycles. The van der Waals surface area contributed by atoms with E-state index in [1.54, 1.807) is 0 Å². The molecule has 0 heterocycles. The average molecular weight is 202 g/mol. The maximum atomic E-state index is 3.84. The molecule has 0 aliphatic heterocycles. The smallest absolute Gasteiger partial charge is 0.132 e. The van der Waals surface area contributed by atoms with Gasteiger partial charge in [-0.3, -0.25) is 4.48 Å². The Morgan fingerprint density at radius 3 is 2.07 bits per heavy atom. The highest BCUT2D eigenvalue weighted by Crippen LogP contribution is 2.17. The molecule has 0 atom stereocenters. The number of rotatable bonds is 3. The van der Waals surface area contributed by atoms with Crippen LogP contribution in [0.4, 0.5) is 5.69 Å². The van der Waals surface area contributed by atoms with Crippen LogP contribution in [0.25, 0.3) is 6.08 Å². The Hall–Kier alpha value is -1.34. The van der Waals surface area contributed by atoms with Crippen molar-refractivity contribution in [3.05, 3.63) is 48.1 Å². The third-order valence-electron chi connectivity index (χ3n) is 2.23. The quantitative estimate of drug-likeness (QED) is 0.520. The van der Waals surface area contributed by atoms with Crippen LogP contribution >= 0.6 is 0 Å². The van der Waals surface area contributed by atoms with Gasteiger partial charge in [0, 0.05) is 0 Å². The maximum Gasteiger partial charge on any atom is 0.132 e. The molecule has 0 unspecified atom stereocenters. The predicted molar refractivity (Wildman–Crippen MR) is 69.9 cm³/mol. The molecule has 0 saturated carbocycles. The second kappa shape index (κ2) is 4.45. The van der Waals surface area contributed by atoms with Crippen LogP contribution in [0.15, 0.2) is 42.5 Å². The van der Waals surface area contributed by atoms with Crippen LogP contribution < -0.4 is 4.48 Å². The molecule has 15 heavy (non-hydrogen) atoms. The minimum absolute atomic E-state index is 0.852. The topological polar surface area (TPSA) is 0 Å². The van der Waals surface area contributed by atoms with Crippen molar-refractivity contribution in [1.29, 1.82) is 0 Å². The summed E-state index contributed by atoms with van der Waals surface area (Å²) in [6, 6.07) is 8.60. The Bertz CT molecular complexity index is 363. The van der Waals surface area contributed by atoms with Crippen molar-refractivity contribution < 1.29 is 0 Å². The summed E-state index contributed by atoms with van der Waals surface area (Å²) >= 11 is 0. The molecule has 1 heteroatoms. The second-order valence-electron chi connectivity index (χ2n) is 4.78. The van der Waals surface area contributed by atoms with Crippen LogP contribution in [-0.2, 0) is 0 Å². The third kappa shape index (κ3) is 3.72. The van der Waals surface area contributed by atoms with E-state index in [-0.39, 0.29) is 0 Å². The fourth-order valence-electron chi connectivity index (χ4n) is 1.27. The third-order valence-corrected chi connectivity index (χ3v) is 2.23. The fourth-order valence-corrected chi connectivity index (χ4v) is 1.27. The number of nitrogens with zero attached hydrogens (tertiary/aromatic N) is 1. The molecule has 1 rings (SSSR count). The Balaban J connectivity index is 2.86. The van der Waals surface area contributed by atoms with E-state index in [4.69, 9.17) is 0 Å². The standard InChI is InChI=1S/C14H20N/c1-12(2)6-7-13-8-10-14(11-9-13)15(3,4)5/h6-11H,1H2,2-5H3/q+1/b7-6+. The van der Waals surface area contributed by atoms with Gasteiger partial charge in [-0.1, -0.05) is 24.3 Å². The normalized spacial score (nSPS) is 12.0. The predicted octanol–water partition coefficient (Wildman–Crippen LogP) is 3.47. The summed E-state index contributed by atoms with van der Waals surface area (Å²) in [5, 5.41) is 0. The van der Waals surface area contributed by atoms with Gasteiger partial charge in [-0.25, -0.2) is 0 Å². The van der Waals surface area contributed by atoms with Crippen molar-refractivity contribution in [2.75, 3.05) is 21.1 Å². The molecule has 0 spiro atoms. The average Bonchev–Trinajstić information content (AvgIpc) is 2.14. The first kappa shape index (κ1) is 11.7. The van der Waals surface area contributed by atoms with E-state index in [0.29, 0.717) is 0 Å². The molecule has 0 radical (unpaired) electrons. The van der Waals surface area contributed by atoms with Crippen LogP contribution in [0, 0.1) is 0 Å². The minimum Gasteiger partial charge on any atom is -0.298 e. The summed E-state index contributed by atoms with van der Waals surface area (Å²) in [6.07, 6.45) is 4.11. The maximum absolute atomic E-state index is 3.84. The lowest BCUT2D eigenvalue weighted by Crippen LogP contribution is -2.34. The van der Waals surface area contributed by atoms with E-state index in [0.717, 1.165) is 10.1 Å². The lowest BCUT2D eigenvalue weighted by atomic mass is 10.1. The zero-order valence-corrected chi connectivity index (χ0v) is 10.1. The molecule has 0 bridgehead atoms.